The van der Waals surface area contributed by atoms with Crippen LogP contribution in [0.15, 0.2) is 72.8 Å². The molecule has 3 aliphatic heterocycles. The Morgan fingerprint density at radius 1 is 1.00 bits per heavy atom. The number of unbranched alkanes of at least 4 members (excludes halogenated alkanes) is 5. The number of nitrogens with one attached hydrogen (secondary N) is 1. The van der Waals surface area contributed by atoms with Gasteiger partial charge in [0.15, 0.2) is 18.1 Å². The van der Waals surface area contributed by atoms with E-state index in [4.69, 9.17) is 18.9 Å². The summed E-state index contributed by atoms with van der Waals surface area (Å²) in [5.74, 6) is 1.65. The molecule has 0 saturated carbocycles. The van der Waals surface area contributed by atoms with Gasteiger partial charge in [-0.3, -0.25) is 23.9 Å². The Labute approximate surface area is 334 Å². The van der Waals surface area contributed by atoms with Gasteiger partial charge in [0.05, 0.1) is 4.92 Å². The summed E-state index contributed by atoms with van der Waals surface area (Å²) in [6, 6.07) is 19.0. The third kappa shape index (κ3) is 11.2. The summed E-state index contributed by atoms with van der Waals surface area (Å²) in [6.45, 7) is 8.01. The number of nitrogens with zero attached hydrogens (tertiary/aromatic N) is 2. The van der Waals surface area contributed by atoms with Crippen LogP contribution < -0.4 is 19.5 Å². The molecule has 3 heterocycles. The van der Waals surface area contributed by atoms with Crippen molar-refractivity contribution in [1.29, 1.82) is 0 Å². The lowest BCUT2D eigenvalue weighted by Crippen LogP contribution is -2.71. The standard InChI is InChI=1S/C23H23N3O7S.C18H28O3S/c1-23(2)19(22(29)33-12-14-8-10-15(11-9-14)26(30)31)25-20(28)18(21(25)34-23)24-17(27)13-32-16-6-4-3-5-7-16;1-3-4-5-6-7-8-11-22(19)15(2)12-16-9-10-17-18(13-16)21-14-20-17/h3-11,18-19,21H,12-13H2,1-2H3,(H,24,27);9-10,13,15H,3-8,11-12,14H2,1-2H3/t18?,19-,21+;/m0./s1. The van der Waals surface area contributed by atoms with Crippen LogP contribution in [0.3, 0.4) is 0 Å². The highest BCUT2D eigenvalue weighted by molar-refractivity contribution is 8.01. The number of amides is 2. The normalized spacial score (nSPS) is 19.8. The molecule has 2 amide bonds. The lowest BCUT2D eigenvalue weighted by Gasteiger charge is -2.43. The number of β-lactam (4-membered cyclic amide) rings is 1. The van der Waals surface area contributed by atoms with Gasteiger partial charge in [-0.15, -0.1) is 11.8 Å². The summed E-state index contributed by atoms with van der Waals surface area (Å²) in [4.78, 5) is 49.7. The van der Waals surface area contributed by atoms with Crippen LogP contribution in [0, 0.1) is 10.1 Å². The average molecular weight is 810 g/mol. The molecule has 302 valence electrons. The van der Waals surface area contributed by atoms with E-state index in [1.807, 2.05) is 38.1 Å². The number of para-hydroxylation sites is 1. The second kappa shape index (κ2) is 20.0. The zero-order valence-electron chi connectivity index (χ0n) is 32.3. The summed E-state index contributed by atoms with van der Waals surface area (Å²) in [6.07, 6.45) is 8.32. The van der Waals surface area contributed by atoms with Gasteiger partial charge in [-0.25, -0.2) is 4.79 Å². The monoisotopic (exact) mass is 809 g/mol. The molecular formula is C41H51N3O10S2. The molecule has 2 fully saturated rings. The Morgan fingerprint density at radius 2 is 1.68 bits per heavy atom. The van der Waals surface area contributed by atoms with Crippen LogP contribution in [0.4, 0.5) is 5.69 Å². The quantitative estimate of drug-likeness (QED) is 0.0477. The van der Waals surface area contributed by atoms with Gasteiger partial charge in [-0.1, -0.05) is 70.2 Å². The van der Waals surface area contributed by atoms with Crippen molar-refractivity contribution in [3.63, 3.8) is 0 Å². The molecule has 3 aromatic carbocycles. The fourth-order valence-electron chi connectivity index (χ4n) is 6.67. The van der Waals surface area contributed by atoms with Crippen molar-refractivity contribution in [3.8, 4) is 17.2 Å². The van der Waals surface area contributed by atoms with E-state index in [9.17, 15) is 28.7 Å². The first-order valence-corrected chi connectivity index (χ1v) is 21.3. The lowest BCUT2D eigenvalue weighted by molar-refractivity contribution is -0.384. The molecule has 2 saturated heterocycles. The summed E-state index contributed by atoms with van der Waals surface area (Å²) in [7, 11) is -0.743. The molecule has 13 nitrogen and oxygen atoms in total. The van der Waals surface area contributed by atoms with Crippen LogP contribution in [0.25, 0.3) is 0 Å². The summed E-state index contributed by atoms with van der Waals surface area (Å²) in [5.41, 5.74) is 1.71. The Hall–Kier alpha value is -4.63. The fraction of sp³-hybridized carbons (Fsp3) is 0.488. The Morgan fingerprint density at radius 3 is 2.39 bits per heavy atom. The summed E-state index contributed by atoms with van der Waals surface area (Å²) in [5, 5.41) is 13.3. The zero-order valence-corrected chi connectivity index (χ0v) is 33.9. The minimum atomic E-state index is -0.818. The number of benzene rings is 3. The number of non-ortho nitro benzene ring substituents is 1. The Kier molecular flexibility index (Phi) is 15.2. The van der Waals surface area contributed by atoms with E-state index >= 15 is 0 Å². The van der Waals surface area contributed by atoms with Crippen molar-refractivity contribution in [2.45, 2.75) is 107 Å². The van der Waals surface area contributed by atoms with Gasteiger partial charge in [-0.05, 0) is 74.2 Å². The predicted molar refractivity (Wildman–Crippen MR) is 215 cm³/mol. The molecule has 0 spiro atoms. The second-order valence-corrected chi connectivity index (χ2v) is 18.2. The number of hydrogen-bond acceptors (Lipinski definition) is 11. The highest BCUT2D eigenvalue weighted by atomic mass is 32.2. The smallest absolute Gasteiger partial charge is 0.330 e. The third-order valence-corrected chi connectivity index (χ3v) is 13.1. The van der Waals surface area contributed by atoms with Crippen LogP contribution in [0.5, 0.6) is 17.2 Å². The average Bonchev–Trinajstić information content (AvgIpc) is 3.76. The van der Waals surface area contributed by atoms with Gasteiger partial charge in [0.1, 0.15) is 29.8 Å². The first kappa shape index (κ1) is 42.5. The first-order valence-electron chi connectivity index (χ1n) is 19.0. The van der Waals surface area contributed by atoms with Crippen LogP contribution in [0.1, 0.15) is 77.3 Å². The van der Waals surface area contributed by atoms with Crippen molar-refractivity contribution >= 4 is 46.0 Å². The van der Waals surface area contributed by atoms with E-state index in [1.54, 1.807) is 24.3 Å². The van der Waals surface area contributed by atoms with E-state index in [0.717, 1.165) is 30.1 Å². The number of nitro groups is 1. The van der Waals surface area contributed by atoms with Crippen LogP contribution >= 0.6 is 11.8 Å². The highest BCUT2D eigenvalue weighted by Crippen LogP contribution is 2.51. The second-order valence-electron chi connectivity index (χ2n) is 14.5. The number of carbonyl (C=O) groups excluding carboxylic acids is 3. The molecule has 0 bridgehead atoms. The minimum Gasteiger partial charge on any atom is -0.484 e. The molecule has 3 aliphatic rings. The molecule has 0 aliphatic carbocycles. The molecular weight excluding hydrogens is 759 g/mol. The first-order chi connectivity index (χ1) is 26.9. The number of nitro benzene ring substituents is 1. The van der Waals surface area contributed by atoms with E-state index in [0.29, 0.717) is 18.1 Å². The number of thioether (sulfide) groups is 1. The number of fused-ring (bicyclic) bond motifs is 2. The largest absolute Gasteiger partial charge is 0.484 e. The van der Waals surface area contributed by atoms with E-state index in [1.165, 1.54) is 78.6 Å². The van der Waals surface area contributed by atoms with Crippen molar-refractivity contribution < 1.29 is 42.5 Å². The van der Waals surface area contributed by atoms with Gasteiger partial charge in [0.25, 0.3) is 11.6 Å². The number of esters is 1. The molecule has 6 rings (SSSR count). The van der Waals surface area contributed by atoms with Crippen molar-refractivity contribution in [2.75, 3.05) is 19.2 Å². The van der Waals surface area contributed by atoms with Crippen molar-refractivity contribution in [1.82, 2.24) is 10.2 Å². The van der Waals surface area contributed by atoms with Gasteiger partial charge >= 0.3 is 5.97 Å². The Bertz CT molecular complexity index is 1840. The molecule has 0 aromatic heterocycles. The molecule has 15 heteroatoms. The van der Waals surface area contributed by atoms with E-state index < -0.39 is 44.4 Å². The molecule has 0 radical (unpaired) electrons. The molecule has 1 N–H and O–H groups in total. The maximum Gasteiger partial charge on any atom is 0.330 e. The third-order valence-electron chi connectivity index (χ3n) is 9.73. The lowest BCUT2D eigenvalue weighted by atomic mass is 9.96. The molecule has 3 aromatic rings. The van der Waals surface area contributed by atoms with Gasteiger partial charge in [-0.2, -0.15) is 0 Å². The SMILES string of the molecule is CC1(C)S[C@@H]2C(NC(=O)COc3ccccc3)C(=O)N2[C@H]1C(=O)OCc1ccc([N+](=O)[O-])cc1.CCCCCCCCS(=O)C(C)Cc1ccc2c(c1)OCO2. The Balaban J connectivity index is 0.000000236. The number of carbonyl (C=O) groups is 3. The van der Waals surface area contributed by atoms with Crippen LogP contribution in [-0.2, 0) is 42.9 Å². The molecule has 56 heavy (non-hydrogen) atoms. The maximum absolute atomic E-state index is 12.9. The highest BCUT2D eigenvalue weighted by Gasteiger charge is 2.64. The minimum absolute atomic E-state index is 0.0559. The number of rotatable bonds is 18. The van der Waals surface area contributed by atoms with E-state index in [-0.39, 0.29) is 35.4 Å². The number of hydrogen-bond donors (Lipinski definition) is 1. The fourth-order valence-corrected chi connectivity index (χ4v) is 9.56. The van der Waals surface area contributed by atoms with Crippen LogP contribution in [-0.4, -0.2) is 78.4 Å². The zero-order chi connectivity index (χ0) is 40.2. The van der Waals surface area contributed by atoms with Gasteiger partial charge in [0.2, 0.25) is 12.7 Å². The number of ether oxygens (including phenoxy) is 4. The van der Waals surface area contributed by atoms with Crippen molar-refractivity contribution in [3.05, 3.63) is 94.0 Å². The van der Waals surface area contributed by atoms with Gasteiger partial charge in [0, 0.05) is 38.7 Å². The van der Waals surface area contributed by atoms with E-state index in [2.05, 4.69) is 19.2 Å². The maximum atomic E-state index is 12.9. The topological polar surface area (TPSA) is 164 Å². The summed E-state index contributed by atoms with van der Waals surface area (Å²) >= 11 is 1.42. The van der Waals surface area contributed by atoms with Gasteiger partial charge < -0.3 is 29.2 Å². The summed E-state index contributed by atoms with van der Waals surface area (Å²) < 4.78 is 33.3. The molecule has 3 unspecified atom stereocenters. The molecule has 5 atom stereocenters. The van der Waals surface area contributed by atoms with Crippen LogP contribution in [0.2, 0.25) is 0 Å². The van der Waals surface area contributed by atoms with Crippen molar-refractivity contribution in [2.24, 2.45) is 0 Å². The predicted octanol–water partition coefficient (Wildman–Crippen LogP) is 6.72.